The molecule has 0 bridgehead atoms. The molecule has 1 heterocycles. The van der Waals surface area contributed by atoms with Gasteiger partial charge in [0.05, 0.1) is 18.8 Å². The van der Waals surface area contributed by atoms with Crippen molar-refractivity contribution in [1.82, 2.24) is 10.2 Å². The molecule has 0 saturated carbocycles. The second-order valence-corrected chi connectivity index (χ2v) is 10.0. The highest BCUT2D eigenvalue weighted by molar-refractivity contribution is 5.87. The standard InChI is InChI=1S/C31H32N2O7/c1-20(38-17-21-9-3-2-4-10-21)29(30(36)33-15-22(16-33)39-19-28(34)35)32-31(37)40-18-27-25-13-7-5-11-23(25)24-12-6-8-14-26(24)27/h2-14,20,22,27,29H,15-19H2,1H3,(H,32,37)(H,34,35)/t20-,29+/m0/s1. The topological polar surface area (TPSA) is 114 Å². The number of carbonyl (C=O) groups is 3. The van der Waals surface area contributed by atoms with Crippen molar-refractivity contribution in [3.05, 3.63) is 95.6 Å². The maximum atomic E-state index is 13.4. The number of rotatable bonds is 11. The van der Waals surface area contributed by atoms with Crippen LogP contribution in [0.25, 0.3) is 11.1 Å². The lowest BCUT2D eigenvalue weighted by Gasteiger charge is -2.41. The fourth-order valence-corrected chi connectivity index (χ4v) is 5.15. The van der Waals surface area contributed by atoms with E-state index in [0.29, 0.717) is 0 Å². The van der Waals surface area contributed by atoms with E-state index in [-0.39, 0.29) is 44.2 Å². The van der Waals surface area contributed by atoms with Crippen LogP contribution in [0.1, 0.15) is 29.5 Å². The normalized spacial score (nSPS) is 15.9. The van der Waals surface area contributed by atoms with E-state index >= 15 is 0 Å². The van der Waals surface area contributed by atoms with E-state index in [4.69, 9.17) is 19.3 Å². The molecular weight excluding hydrogens is 512 g/mol. The molecule has 0 unspecified atom stereocenters. The Morgan fingerprint density at radius 3 is 2.15 bits per heavy atom. The van der Waals surface area contributed by atoms with Crippen molar-refractivity contribution in [1.29, 1.82) is 0 Å². The van der Waals surface area contributed by atoms with Crippen LogP contribution in [-0.4, -0.2) is 72.5 Å². The molecule has 9 nitrogen and oxygen atoms in total. The first-order valence-electron chi connectivity index (χ1n) is 13.3. The van der Waals surface area contributed by atoms with Crippen LogP contribution in [-0.2, 0) is 30.4 Å². The predicted molar refractivity (Wildman–Crippen MR) is 147 cm³/mol. The largest absolute Gasteiger partial charge is 0.480 e. The number of carboxylic acids is 1. The first kappa shape index (κ1) is 27.4. The Bertz CT molecular complexity index is 1310. The van der Waals surface area contributed by atoms with Gasteiger partial charge in [-0.05, 0) is 34.7 Å². The minimum atomic E-state index is -1.07. The lowest BCUT2D eigenvalue weighted by Crippen LogP contribution is -2.62. The summed E-state index contributed by atoms with van der Waals surface area (Å²) in [6.07, 6.45) is -1.74. The highest BCUT2D eigenvalue weighted by atomic mass is 16.6. The number of nitrogens with one attached hydrogen (secondary N) is 1. The molecule has 2 aliphatic rings. The number of benzene rings is 3. The third-order valence-corrected chi connectivity index (χ3v) is 7.31. The lowest BCUT2D eigenvalue weighted by atomic mass is 9.98. The quantitative estimate of drug-likeness (QED) is 0.377. The summed E-state index contributed by atoms with van der Waals surface area (Å²) in [6.45, 7) is 2.16. The van der Waals surface area contributed by atoms with Crippen LogP contribution in [0, 0.1) is 0 Å². The number of hydrogen-bond acceptors (Lipinski definition) is 6. The number of nitrogens with zero attached hydrogens (tertiary/aromatic N) is 1. The van der Waals surface area contributed by atoms with E-state index < -0.39 is 30.8 Å². The third-order valence-electron chi connectivity index (χ3n) is 7.31. The Morgan fingerprint density at radius 1 is 0.925 bits per heavy atom. The van der Waals surface area contributed by atoms with E-state index in [9.17, 15) is 14.4 Å². The summed E-state index contributed by atoms with van der Waals surface area (Å²) in [5.74, 6) is -1.52. The molecule has 1 aliphatic carbocycles. The monoisotopic (exact) mass is 544 g/mol. The summed E-state index contributed by atoms with van der Waals surface area (Å²) < 4.78 is 16.9. The smallest absolute Gasteiger partial charge is 0.407 e. The Hall–Kier alpha value is -4.21. The molecule has 3 aromatic carbocycles. The van der Waals surface area contributed by atoms with Gasteiger partial charge >= 0.3 is 12.1 Å². The molecule has 2 amide bonds. The first-order valence-corrected chi connectivity index (χ1v) is 13.3. The Balaban J connectivity index is 1.23. The summed E-state index contributed by atoms with van der Waals surface area (Å²) in [5.41, 5.74) is 5.38. The number of amides is 2. The van der Waals surface area contributed by atoms with Gasteiger partial charge in [0.25, 0.3) is 0 Å². The number of carbonyl (C=O) groups excluding carboxylic acids is 2. The molecule has 208 valence electrons. The second-order valence-electron chi connectivity index (χ2n) is 10.0. The van der Waals surface area contributed by atoms with Crippen LogP contribution >= 0.6 is 0 Å². The first-order chi connectivity index (χ1) is 19.4. The molecule has 0 aromatic heterocycles. The van der Waals surface area contributed by atoms with E-state index in [0.717, 1.165) is 27.8 Å². The molecule has 3 aromatic rings. The van der Waals surface area contributed by atoms with E-state index in [1.54, 1.807) is 6.92 Å². The van der Waals surface area contributed by atoms with Crippen molar-refractivity contribution < 1.29 is 33.7 Å². The molecule has 2 N–H and O–H groups in total. The summed E-state index contributed by atoms with van der Waals surface area (Å²) in [6, 6.07) is 24.7. The van der Waals surface area contributed by atoms with Gasteiger partial charge in [-0.3, -0.25) is 4.79 Å². The van der Waals surface area contributed by atoms with Crippen molar-refractivity contribution in [2.45, 2.75) is 37.7 Å². The van der Waals surface area contributed by atoms with Crippen molar-refractivity contribution >= 4 is 18.0 Å². The van der Waals surface area contributed by atoms with Gasteiger partial charge in [-0.2, -0.15) is 0 Å². The fraction of sp³-hybridized carbons (Fsp3) is 0.323. The van der Waals surface area contributed by atoms with Gasteiger partial charge in [-0.15, -0.1) is 0 Å². The number of hydrogen-bond donors (Lipinski definition) is 2. The lowest BCUT2D eigenvalue weighted by molar-refractivity contribution is -0.157. The van der Waals surface area contributed by atoms with Gasteiger partial charge in [0.15, 0.2) is 0 Å². The Kier molecular flexibility index (Phi) is 8.42. The molecule has 1 aliphatic heterocycles. The van der Waals surface area contributed by atoms with E-state index in [1.807, 2.05) is 66.7 Å². The van der Waals surface area contributed by atoms with Crippen molar-refractivity contribution in [3.8, 4) is 11.1 Å². The maximum absolute atomic E-state index is 13.4. The molecule has 5 rings (SSSR count). The van der Waals surface area contributed by atoms with Crippen molar-refractivity contribution in [2.75, 3.05) is 26.3 Å². The summed E-state index contributed by atoms with van der Waals surface area (Å²) in [7, 11) is 0. The summed E-state index contributed by atoms with van der Waals surface area (Å²) >= 11 is 0. The number of carboxylic acid groups (broad SMARTS) is 1. The van der Waals surface area contributed by atoms with Crippen LogP contribution in [0.2, 0.25) is 0 Å². The highest BCUT2D eigenvalue weighted by Gasteiger charge is 2.39. The predicted octanol–water partition coefficient (Wildman–Crippen LogP) is 3.81. The van der Waals surface area contributed by atoms with Gasteiger partial charge in [0.2, 0.25) is 5.91 Å². The average Bonchev–Trinajstić information content (AvgIpc) is 3.26. The SMILES string of the molecule is C[C@H](OCc1ccccc1)[C@@H](NC(=O)OCC1c2ccccc2-c2ccccc21)C(=O)N1CC(OCC(=O)O)C1. The van der Waals surface area contributed by atoms with Crippen LogP contribution < -0.4 is 5.32 Å². The van der Waals surface area contributed by atoms with Gasteiger partial charge in [-0.1, -0.05) is 78.9 Å². The maximum Gasteiger partial charge on any atom is 0.407 e. The van der Waals surface area contributed by atoms with Crippen LogP contribution in [0.5, 0.6) is 0 Å². The molecule has 0 radical (unpaired) electrons. The van der Waals surface area contributed by atoms with E-state index in [1.165, 1.54) is 4.90 Å². The number of fused-ring (bicyclic) bond motifs is 3. The van der Waals surface area contributed by atoms with Crippen LogP contribution in [0.3, 0.4) is 0 Å². The zero-order valence-corrected chi connectivity index (χ0v) is 22.2. The van der Waals surface area contributed by atoms with Crippen molar-refractivity contribution in [3.63, 3.8) is 0 Å². The average molecular weight is 545 g/mol. The number of ether oxygens (including phenoxy) is 3. The Labute approximate surface area is 232 Å². The molecule has 1 saturated heterocycles. The molecule has 0 spiro atoms. The molecule has 1 fully saturated rings. The van der Waals surface area contributed by atoms with Gasteiger partial charge < -0.3 is 29.5 Å². The van der Waals surface area contributed by atoms with Gasteiger partial charge in [0, 0.05) is 19.0 Å². The highest BCUT2D eigenvalue weighted by Crippen LogP contribution is 2.44. The van der Waals surface area contributed by atoms with E-state index in [2.05, 4.69) is 17.4 Å². The molecule has 9 heteroatoms. The molecular formula is C31H32N2O7. The number of likely N-dealkylation sites (tertiary alicyclic amines) is 1. The minimum Gasteiger partial charge on any atom is -0.480 e. The van der Waals surface area contributed by atoms with Crippen LogP contribution in [0.4, 0.5) is 4.79 Å². The Morgan fingerprint density at radius 2 is 1.52 bits per heavy atom. The second kappa shape index (κ2) is 12.3. The summed E-state index contributed by atoms with van der Waals surface area (Å²) in [4.78, 5) is 38.7. The number of alkyl carbamates (subject to hydrolysis) is 1. The molecule has 2 atom stereocenters. The van der Waals surface area contributed by atoms with Crippen molar-refractivity contribution in [2.24, 2.45) is 0 Å². The third kappa shape index (κ3) is 6.16. The van der Waals surface area contributed by atoms with Gasteiger partial charge in [-0.25, -0.2) is 9.59 Å². The fourth-order valence-electron chi connectivity index (χ4n) is 5.15. The van der Waals surface area contributed by atoms with Gasteiger partial charge in [0.1, 0.15) is 19.3 Å². The zero-order valence-electron chi connectivity index (χ0n) is 22.2. The minimum absolute atomic E-state index is 0.110. The molecule has 40 heavy (non-hydrogen) atoms. The number of aliphatic carboxylic acids is 1. The summed E-state index contributed by atoms with van der Waals surface area (Å²) in [5, 5.41) is 11.6. The zero-order chi connectivity index (χ0) is 28.1. The van der Waals surface area contributed by atoms with Crippen LogP contribution in [0.15, 0.2) is 78.9 Å².